The molecule has 3 fully saturated rings. The number of hydrogen-bond acceptors (Lipinski definition) is 2. The maximum atomic E-state index is 15.2. The van der Waals surface area contributed by atoms with Crippen molar-refractivity contribution in [2.75, 3.05) is 0 Å². The lowest BCUT2D eigenvalue weighted by molar-refractivity contribution is -0.275. The predicted octanol–water partition coefficient (Wildman–Crippen LogP) is 10.9. The van der Waals surface area contributed by atoms with Crippen LogP contribution in [-0.4, -0.2) is 12.5 Å². The molecule has 0 amide bonds. The van der Waals surface area contributed by atoms with E-state index in [0.29, 0.717) is 42.7 Å². The van der Waals surface area contributed by atoms with Crippen LogP contribution < -0.4 is 9.47 Å². The lowest BCUT2D eigenvalue weighted by atomic mass is 9.68. The molecule has 0 unspecified atom stereocenters. The molecule has 232 valence electrons. The van der Waals surface area contributed by atoms with Crippen molar-refractivity contribution in [3.05, 3.63) is 59.2 Å². The molecule has 3 aliphatic carbocycles. The minimum absolute atomic E-state index is 0.0975. The van der Waals surface area contributed by atoms with E-state index < -0.39 is 35.7 Å². The van der Waals surface area contributed by atoms with Crippen molar-refractivity contribution in [3.8, 4) is 11.5 Å². The largest absolute Gasteiger partial charge is 0.573 e. The zero-order valence-electron chi connectivity index (χ0n) is 23.9. The van der Waals surface area contributed by atoms with Crippen LogP contribution >= 0.6 is 0 Å². The highest BCUT2D eigenvalue weighted by molar-refractivity contribution is 5.33. The molecule has 9 heteroatoms. The Morgan fingerprint density at radius 2 is 1.21 bits per heavy atom. The second-order valence-electron chi connectivity index (χ2n) is 12.8. The van der Waals surface area contributed by atoms with E-state index in [9.17, 15) is 26.3 Å². The van der Waals surface area contributed by atoms with Crippen LogP contribution in [0.25, 0.3) is 0 Å². The molecule has 0 aliphatic heterocycles. The fourth-order valence-corrected chi connectivity index (χ4v) is 7.54. The topological polar surface area (TPSA) is 18.5 Å². The summed E-state index contributed by atoms with van der Waals surface area (Å²) in [7, 11) is 0. The Morgan fingerprint density at radius 1 is 0.619 bits per heavy atom. The number of rotatable bonds is 7. The number of alkyl halides is 5. The van der Waals surface area contributed by atoms with Crippen molar-refractivity contribution < 1.29 is 40.2 Å². The average molecular weight is 601 g/mol. The van der Waals surface area contributed by atoms with Gasteiger partial charge in [-0.05, 0) is 123 Å². The molecule has 5 rings (SSSR count). The molecule has 0 spiro atoms. The third-order valence-corrected chi connectivity index (χ3v) is 10.0. The van der Waals surface area contributed by atoms with E-state index in [4.69, 9.17) is 4.74 Å². The first-order chi connectivity index (χ1) is 19.9. The van der Waals surface area contributed by atoms with Crippen LogP contribution in [0.15, 0.2) is 36.4 Å². The molecule has 0 radical (unpaired) electrons. The third kappa shape index (κ3) is 7.54. The minimum Gasteiger partial charge on any atom is -0.432 e. The Morgan fingerprint density at radius 3 is 1.79 bits per heavy atom. The van der Waals surface area contributed by atoms with E-state index in [0.717, 1.165) is 61.6 Å². The first-order valence-electron chi connectivity index (χ1n) is 15.3. The summed E-state index contributed by atoms with van der Waals surface area (Å²) in [4.78, 5) is 0. The van der Waals surface area contributed by atoms with Gasteiger partial charge in [0.2, 0.25) is 0 Å². The van der Waals surface area contributed by atoms with Crippen LogP contribution in [0.2, 0.25) is 0 Å². The SMILES string of the molecule is CC1CCC(c2ccc(C3CCC(C4CCC(C(F)(F)Oc5ccc(OC(F)(F)F)c(F)c5)CC4)CC3)c(F)c2)CC1. The van der Waals surface area contributed by atoms with Gasteiger partial charge in [-0.3, -0.25) is 0 Å². The molecule has 0 atom stereocenters. The first-order valence-corrected chi connectivity index (χ1v) is 15.3. The standard InChI is InChI=1S/C33H39F7O2/c1-20-2-4-23(5-3-20)25-12-16-28(29(34)18-25)24-8-6-21(7-9-24)22-10-13-26(14-11-22)32(36,37)41-27-15-17-31(30(35)19-27)42-33(38,39)40/h12,15-24,26H,2-11,13-14H2,1H3. The van der Waals surface area contributed by atoms with Crippen LogP contribution in [0.3, 0.4) is 0 Å². The molecular formula is C33H39F7O2. The fourth-order valence-electron chi connectivity index (χ4n) is 7.54. The predicted molar refractivity (Wildman–Crippen MR) is 146 cm³/mol. The highest BCUT2D eigenvalue weighted by atomic mass is 19.4. The summed E-state index contributed by atoms with van der Waals surface area (Å²) < 4.78 is 104. The summed E-state index contributed by atoms with van der Waals surface area (Å²) in [5.74, 6) is -2.15. The van der Waals surface area contributed by atoms with Crippen LogP contribution in [0, 0.1) is 35.3 Å². The van der Waals surface area contributed by atoms with Gasteiger partial charge in [-0.25, -0.2) is 8.78 Å². The molecule has 0 saturated heterocycles. The van der Waals surface area contributed by atoms with E-state index in [2.05, 4.69) is 17.7 Å². The van der Waals surface area contributed by atoms with E-state index >= 15 is 4.39 Å². The van der Waals surface area contributed by atoms with Crippen molar-refractivity contribution in [1.82, 2.24) is 0 Å². The van der Waals surface area contributed by atoms with Gasteiger partial charge in [0, 0.05) is 6.07 Å². The van der Waals surface area contributed by atoms with Crippen LogP contribution in [0.1, 0.15) is 107 Å². The molecule has 2 aromatic rings. The lowest BCUT2D eigenvalue weighted by Gasteiger charge is -2.39. The molecule has 0 aromatic heterocycles. The Balaban J connectivity index is 1.10. The molecule has 2 aromatic carbocycles. The van der Waals surface area contributed by atoms with Gasteiger partial charge in [-0.15, -0.1) is 13.2 Å². The highest BCUT2D eigenvalue weighted by Crippen LogP contribution is 2.47. The van der Waals surface area contributed by atoms with Gasteiger partial charge in [-0.1, -0.05) is 31.9 Å². The molecule has 3 saturated carbocycles. The van der Waals surface area contributed by atoms with Crippen molar-refractivity contribution in [1.29, 1.82) is 0 Å². The fraction of sp³-hybridized carbons (Fsp3) is 0.636. The molecule has 2 nitrogen and oxygen atoms in total. The normalized spacial score (nSPS) is 29.2. The van der Waals surface area contributed by atoms with Gasteiger partial charge in [0.15, 0.2) is 11.6 Å². The van der Waals surface area contributed by atoms with Crippen LogP contribution in [0.4, 0.5) is 30.7 Å². The molecule has 0 heterocycles. The van der Waals surface area contributed by atoms with Crippen LogP contribution in [-0.2, 0) is 0 Å². The quantitative estimate of drug-likeness (QED) is 0.294. The summed E-state index contributed by atoms with van der Waals surface area (Å²) in [6.45, 7) is 2.28. The van der Waals surface area contributed by atoms with Crippen molar-refractivity contribution in [2.45, 2.75) is 108 Å². The monoisotopic (exact) mass is 600 g/mol. The average Bonchev–Trinajstić information content (AvgIpc) is 2.94. The van der Waals surface area contributed by atoms with E-state index in [1.54, 1.807) is 6.07 Å². The Labute approximate surface area is 243 Å². The number of halogens is 7. The molecule has 42 heavy (non-hydrogen) atoms. The van der Waals surface area contributed by atoms with E-state index in [1.165, 1.54) is 12.8 Å². The highest BCUT2D eigenvalue weighted by Gasteiger charge is 2.45. The molecule has 0 N–H and O–H groups in total. The van der Waals surface area contributed by atoms with Crippen molar-refractivity contribution >= 4 is 0 Å². The maximum absolute atomic E-state index is 15.2. The van der Waals surface area contributed by atoms with Gasteiger partial charge in [0.05, 0.1) is 5.92 Å². The summed E-state index contributed by atoms with van der Waals surface area (Å²) in [6.07, 6.45) is 1.35. The van der Waals surface area contributed by atoms with Gasteiger partial charge >= 0.3 is 12.5 Å². The summed E-state index contributed by atoms with van der Waals surface area (Å²) in [5.41, 5.74) is 1.92. The van der Waals surface area contributed by atoms with Crippen molar-refractivity contribution in [2.24, 2.45) is 23.7 Å². The van der Waals surface area contributed by atoms with Crippen LogP contribution in [0.5, 0.6) is 11.5 Å². The first kappa shape index (κ1) is 31.0. The van der Waals surface area contributed by atoms with Crippen molar-refractivity contribution in [3.63, 3.8) is 0 Å². The van der Waals surface area contributed by atoms with Gasteiger partial charge < -0.3 is 9.47 Å². The van der Waals surface area contributed by atoms with E-state index in [-0.39, 0.29) is 24.6 Å². The molecular weight excluding hydrogens is 561 g/mol. The number of benzene rings is 2. The van der Waals surface area contributed by atoms with Gasteiger partial charge in [0.25, 0.3) is 0 Å². The molecule has 0 bridgehead atoms. The zero-order chi connectivity index (χ0) is 30.1. The third-order valence-electron chi connectivity index (χ3n) is 10.0. The summed E-state index contributed by atoms with van der Waals surface area (Å²) in [6, 6.07) is 7.81. The smallest absolute Gasteiger partial charge is 0.432 e. The summed E-state index contributed by atoms with van der Waals surface area (Å²) >= 11 is 0. The minimum atomic E-state index is -5.10. The second kappa shape index (κ2) is 12.7. The zero-order valence-corrected chi connectivity index (χ0v) is 23.9. The second-order valence-corrected chi connectivity index (χ2v) is 12.8. The van der Waals surface area contributed by atoms with Gasteiger partial charge in [0.1, 0.15) is 11.6 Å². The molecule has 3 aliphatic rings. The Kier molecular flexibility index (Phi) is 9.33. The Hall–Kier alpha value is -2.45. The van der Waals surface area contributed by atoms with Gasteiger partial charge in [-0.2, -0.15) is 8.78 Å². The maximum Gasteiger partial charge on any atom is 0.573 e. The Bertz CT molecular complexity index is 1190. The number of ether oxygens (including phenoxy) is 2. The van der Waals surface area contributed by atoms with E-state index in [1.807, 2.05) is 6.07 Å². The summed E-state index contributed by atoms with van der Waals surface area (Å²) in [5, 5.41) is 0. The lowest BCUT2D eigenvalue weighted by Crippen LogP contribution is -2.38. The number of hydrogen-bond donors (Lipinski definition) is 0.